The number of hydrogen-bond donors (Lipinski definition) is 1. The van der Waals surface area contributed by atoms with Crippen LogP contribution in [0.5, 0.6) is 0 Å². The molecule has 0 bridgehead atoms. The van der Waals surface area contributed by atoms with Gasteiger partial charge in [0.2, 0.25) is 0 Å². The summed E-state index contributed by atoms with van der Waals surface area (Å²) < 4.78 is 64.9. The van der Waals surface area contributed by atoms with Crippen LogP contribution in [0.15, 0.2) is 47.4 Å². The van der Waals surface area contributed by atoms with Crippen LogP contribution in [0.1, 0.15) is 5.56 Å². The number of nitrogens with zero attached hydrogens (tertiary/aromatic N) is 1. The van der Waals surface area contributed by atoms with Crippen molar-refractivity contribution in [3.8, 4) is 0 Å². The van der Waals surface area contributed by atoms with Gasteiger partial charge in [-0.1, -0.05) is 23.7 Å². The van der Waals surface area contributed by atoms with E-state index in [9.17, 15) is 31.7 Å². The molecular formula is C13H8ClF3N2O4S. The third-order valence-electron chi connectivity index (χ3n) is 2.90. The molecule has 24 heavy (non-hydrogen) atoms. The number of halogens is 4. The predicted octanol–water partition coefficient (Wildman–Crippen LogP) is 4.07. The zero-order valence-corrected chi connectivity index (χ0v) is 13.1. The van der Waals surface area contributed by atoms with Crippen molar-refractivity contribution >= 4 is 33.0 Å². The van der Waals surface area contributed by atoms with E-state index in [0.717, 1.165) is 24.3 Å². The SMILES string of the molecule is O=[N+]([O-])c1cc(S(=O)(=O)Nc2ccccc2C(F)(F)F)ccc1Cl. The largest absolute Gasteiger partial charge is 0.418 e. The van der Waals surface area contributed by atoms with Gasteiger partial charge in [0.05, 0.1) is 21.1 Å². The fraction of sp³-hybridized carbons (Fsp3) is 0.0769. The van der Waals surface area contributed by atoms with Crippen LogP contribution in [0.2, 0.25) is 5.02 Å². The summed E-state index contributed by atoms with van der Waals surface area (Å²) in [6.45, 7) is 0. The molecule has 2 rings (SSSR count). The minimum Gasteiger partial charge on any atom is -0.279 e. The lowest BCUT2D eigenvalue weighted by atomic mass is 10.2. The quantitative estimate of drug-likeness (QED) is 0.639. The second-order valence-electron chi connectivity index (χ2n) is 4.52. The summed E-state index contributed by atoms with van der Waals surface area (Å²) in [4.78, 5) is 9.32. The van der Waals surface area contributed by atoms with Gasteiger partial charge in [-0.3, -0.25) is 14.8 Å². The van der Waals surface area contributed by atoms with Gasteiger partial charge in [0.1, 0.15) is 5.02 Å². The van der Waals surface area contributed by atoms with E-state index in [1.54, 1.807) is 4.72 Å². The molecular weight excluding hydrogens is 373 g/mol. The molecule has 0 aromatic heterocycles. The Bertz CT molecular complexity index is 900. The average Bonchev–Trinajstić information content (AvgIpc) is 2.46. The number of rotatable bonds is 4. The Morgan fingerprint density at radius 1 is 1.12 bits per heavy atom. The molecule has 1 N–H and O–H groups in total. The Hall–Kier alpha value is -2.33. The van der Waals surface area contributed by atoms with Crippen molar-refractivity contribution in [3.63, 3.8) is 0 Å². The van der Waals surface area contributed by atoms with Crippen molar-refractivity contribution in [3.05, 3.63) is 63.2 Å². The molecule has 0 aliphatic heterocycles. The average molecular weight is 381 g/mol. The first-order chi connectivity index (χ1) is 11.0. The Kier molecular flexibility index (Phi) is 4.72. The molecule has 2 aromatic rings. The van der Waals surface area contributed by atoms with Gasteiger partial charge >= 0.3 is 6.18 Å². The normalized spacial score (nSPS) is 12.0. The van der Waals surface area contributed by atoms with E-state index in [1.165, 1.54) is 6.07 Å². The van der Waals surface area contributed by atoms with Gasteiger partial charge in [-0.15, -0.1) is 0 Å². The molecule has 0 radical (unpaired) electrons. The van der Waals surface area contributed by atoms with Gasteiger partial charge in [-0.2, -0.15) is 13.2 Å². The Labute approximate surface area is 139 Å². The number of sulfonamides is 1. The summed E-state index contributed by atoms with van der Waals surface area (Å²) in [6.07, 6.45) is -4.77. The molecule has 0 atom stereocenters. The summed E-state index contributed by atoms with van der Waals surface area (Å²) in [5.74, 6) is 0. The maximum absolute atomic E-state index is 12.9. The first-order valence-corrected chi connectivity index (χ1v) is 8.01. The van der Waals surface area contributed by atoms with E-state index >= 15 is 0 Å². The van der Waals surface area contributed by atoms with Crippen LogP contribution < -0.4 is 4.72 Å². The lowest BCUT2D eigenvalue weighted by Gasteiger charge is -2.14. The molecule has 6 nitrogen and oxygen atoms in total. The van der Waals surface area contributed by atoms with Gasteiger partial charge < -0.3 is 0 Å². The standard InChI is InChI=1S/C13H8ClF3N2O4S/c14-10-6-5-8(7-12(10)19(20)21)24(22,23)18-11-4-2-1-3-9(11)13(15,16)17/h1-7,18H. The van der Waals surface area contributed by atoms with Crippen LogP contribution in [-0.4, -0.2) is 13.3 Å². The molecule has 11 heteroatoms. The topological polar surface area (TPSA) is 89.3 Å². The molecule has 0 amide bonds. The zero-order chi connectivity index (χ0) is 18.1. The maximum atomic E-state index is 12.9. The van der Waals surface area contributed by atoms with E-state index in [2.05, 4.69) is 0 Å². The highest BCUT2D eigenvalue weighted by molar-refractivity contribution is 7.92. The zero-order valence-electron chi connectivity index (χ0n) is 11.5. The van der Waals surface area contributed by atoms with E-state index in [1.807, 2.05) is 0 Å². The number of nitro groups is 1. The third-order valence-corrected chi connectivity index (χ3v) is 4.58. The van der Waals surface area contributed by atoms with Crippen LogP contribution in [-0.2, 0) is 16.2 Å². The monoisotopic (exact) mass is 380 g/mol. The van der Waals surface area contributed by atoms with E-state index in [-0.39, 0.29) is 5.02 Å². The van der Waals surface area contributed by atoms with Gasteiger partial charge in [0.15, 0.2) is 0 Å². The van der Waals surface area contributed by atoms with Crippen molar-refractivity contribution < 1.29 is 26.5 Å². The molecule has 2 aromatic carbocycles. The summed E-state index contributed by atoms with van der Waals surface area (Å²) in [5.41, 5.74) is -2.55. The Balaban J connectivity index is 2.48. The van der Waals surface area contributed by atoms with E-state index in [0.29, 0.717) is 12.1 Å². The molecule has 0 unspecified atom stereocenters. The molecule has 0 saturated heterocycles. The number of para-hydroxylation sites is 1. The van der Waals surface area contributed by atoms with Gasteiger partial charge in [0.25, 0.3) is 15.7 Å². The summed E-state index contributed by atoms with van der Waals surface area (Å²) in [5, 5.41) is 10.5. The first kappa shape index (κ1) is 18.0. The molecule has 0 aliphatic carbocycles. The minimum atomic E-state index is -4.77. The number of alkyl halides is 3. The summed E-state index contributed by atoms with van der Waals surface area (Å²) >= 11 is 5.58. The summed E-state index contributed by atoms with van der Waals surface area (Å²) in [6, 6.07) is 6.57. The predicted molar refractivity (Wildman–Crippen MR) is 80.4 cm³/mol. The van der Waals surface area contributed by atoms with Gasteiger partial charge in [-0.05, 0) is 24.3 Å². The number of hydrogen-bond acceptors (Lipinski definition) is 4. The van der Waals surface area contributed by atoms with Crippen molar-refractivity contribution in [2.24, 2.45) is 0 Å². The van der Waals surface area contributed by atoms with E-state index in [4.69, 9.17) is 11.6 Å². The Morgan fingerprint density at radius 3 is 2.33 bits per heavy atom. The lowest BCUT2D eigenvalue weighted by Crippen LogP contribution is -2.17. The van der Waals surface area contributed by atoms with Crippen LogP contribution in [0.25, 0.3) is 0 Å². The van der Waals surface area contributed by atoms with Crippen LogP contribution in [0.3, 0.4) is 0 Å². The highest BCUT2D eigenvalue weighted by Crippen LogP contribution is 2.36. The molecule has 0 fully saturated rings. The fourth-order valence-electron chi connectivity index (χ4n) is 1.82. The minimum absolute atomic E-state index is 0.297. The Morgan fingerprint density at radius 2 is 1.75 bits per heavy atom. The molecule has 0 spiro atoms. The molecule has 0 saturated carbocycles. The third kappa shape index (κ3) is 3.77. The van der Waals surface area contributed by atoms with E-state index < -0.39 is 43.0 Å². The highest BCUT2D eigenvalue weighted by atomic mass is 35.5. The fourth-order valence-corrected chi connectivity index (χ4v) is 3.11. The maximum Gasteiger partial charge on any atom is 0.418 e. The highest BCUT2D eigenvalue weighted by Gasteiger charge is 2.34. The van der Waals surface area contributed by atoms with Crippen LogP contribution in [0.4, 0.5) is 24.5 Å². The van der Waals surface area contributed by atoms with Gasteiger partial charge in [-0.25, -0.2) is 8.42 Å². The molecule has 128 valence electrons. The van der Waals surface area contributed by atoms with Gasteiger partial charge in [0, 0.05) is 6.07 Å². The van der Waals surface area contributed by atoms with Crippen LogP contribution in [0, 0.1) is 10.1 Å². The number of nitrogens with one attached hydrogen (secondary N) is 1. The molecule has 0 heterocycles. The lowest BCUT2D eigenvalue weighted by molar-refractivity contribution is -0.384. The number of nitro benzene ring substituents is 1. The van der Waals surface area contributed by atoms with Crippen LogP contribution >= 0.6 is 11.6 Å². The number of anilines is 1. The van der Waals surface area contributed by atoms with Crippen molar-refractivity contribution in [2.45, 2.75) is 11.1 Å². The number of benzene rings is 2. The van der Waals surface area contributed by atoms with Crippen molar-refractivity contribution in [2.75, 3.05) is 4.72 Å². The first-order valence-electron chi connectivity index (χ1n) is 6.15. The molecule has 0 aliphatic rings. The van der Waals surface area contributed by atoms with Crippen molar-refractivity contribution in [1.29, 1.82) is 0 Å². The second kappa shape index (κ2) is 6.29. The van der Waals surface area contributed by atoms with Crippen molar-refractivity contribution in [1.82, 2.24) is 0 Å². The summed E-state index contributed by atoms with van der Waals surface area (Å²) in [7, 11) is -4.48. The second-order valence-corrected chi connectivity index (χ2v) is 6.61. The smallest absolute Gasteiger partial charge is 0.279 e.